The fraction of sp³-hybridized carbons (Fsp3) is 0.429. The van der Waals surface area contributed by atoms with Crippen molar-refractivity contribution in [1.29, 1.82) is 0 Å². The molecule has 1 aromatic rings. The van der Waals surface area contributed by atoms with Gasteiger partial charge in [-0.15, -0.1) is 0 Å². The van der Waals surface area contributed by atoms with Crippen LogP contribution in [0.15, 0.2) is 18.2 Å². The van der Waals surface area contributed by atoms with E-state index in [1.165, 1.54) is 0 Å². The Morgan fingerprint density at radius 3 is 2.84 bits per heavy atom. The molecule has 1 aliphatic rings. The number of carbonyl (C=O) groups excluding carboxylic acids is 1. The van der Waals surface area contributed by atoms with Crippen LogP contribution in [0.25, 0.3) is 0 Å². The number of hydrogen-bond acceptors (Lipinski definition) is 2. The van der Waals surface area contributed by atoms with E-state index >= 15 is 0 Å². The molecule has 0 aromatic heterocycles. The van der Waals surface area contributed by atoms with E-state index in [2.05, 4.69) is 5.32 Å². The molecule has 0 saturated carbocycles. The Kier molecular flexibility index (Phi) is 3.74. The SMILES string of the molecule is Cc1ccc(N2CC(CCC(=O)O)NC2=O)c(C)c1. The molecule has 102 valence electrons. The second kappa shape index (κ2) is 5.30. The first-order valence-corrected chi connectivity index (χ1v) is 6.34. The van der Waals surface area contributed by atoms with Gasteiger partial charge < -0.3 is 10.4 Å². The van der Waals surface area contributed by atoms with Crippen LogP contribution in [-0.4, -0.2) is 29.7 Å². The van der Waals surface area contributed by atoms with Gasteiger partial charge in [-0.1, -0.05) is 17.7 Å². The molecule has 1 unspecified atom stereocenters. The summed E-state index contributed by atoms with van der Waals surface area (Å²) in [5, 5.41) is 11.5. The number of aryl methyl sites for hydroxylation is 2. The van der Waals surface area contributed by atoms with Gasteiger partial charge in [-0.25, -0.2) is 4.79 Å². The number of aliphatic carboxylic acids is 1. The lowest BCUT2D eigenvalue weighted by atomic mass is 10.1. The number of nitrogens with one attached hydrogen (secondary N) is 1. The highest BCUT2D eigenvalue weighted by atomic mass is 16.4. The van der Waals surface area contributed by atoms with Crippen molar-refractivity contribution in [2.45, 2.75) is 32.7 Å². The topological polar surface area (TPSA) is 69.6 Å². The number of benzene rings is 1. The first-order chi connectivity index (χ1) is 8.97. The van der Waals surface area contributed by atoms with E-state index in [9.17, 15) is 9.59 Å². The molecule has 2 rings (SSSR count). The highest BCUT2D eigenvalue weighted by Crippen LogP contribution is 2.24. The minimum absolute atomic E-state index is 0.0751. The van der Waals surface area contributed by atoms with Gasteiger partial charge in [0.1, 0.15) is 0 Å². The van der Waals surface area contributed by atoms with Crippen molar-refractivity contribution in [2.24, 2.45) is 0 Å². The van der Waals surface area contributed by atoms with Crippen LogP contribution in [0.3, 0.4) is 0 Å². The second-order valence-corrected chi connectivity index (χ2v) is 4.98. The predicted molar refractivity (Wildman–Crippen MR) is 72.5 cm³/mol. The zero-order valence-electron chi connectivity index (χ0n) is 11.1. The minimum atomic E-state index is -0.834. The number of carbonyl (C=O) groups is 2. The number of hydrogen-bond donors (Lipinski definition) is 2. The van der Waals surface area contributed by atoms with Gasteiger partial charge in [0, 0.05) is 24.7 Å². The second-order valence-electron chi connectivity index (χ2n) is 4.98. The van der Waals surface area contributed by atoms with Crippen LogP contribution in [0.2, 0.25) is 0 Å². The van der Waals surface area contributed by atoms with E-state index in [0.29, 0.717) is 13.0 Å². The standard InChI is InChI=1S/C14H18N2O3/c1-9-3-5-12(10(2)7-9)16-8-11(15-14(16)19)4-6-13(17)18/h3,5,7,11H,4,6,8H2,1-2H3,(H,15,19)(H,17,18). The van der Waals surface area contributed by atoms with Crippen LogP contribution >= 0.6 is 0 Å². The van der Waals surface area contributed by atoms with Gasteiger partial charge in [0.05, 0.1) is 0 Å². The monoisotopic (exact) mass is 262 g/mol. The lowest BCUT2D eigenvalue weighted by molar-refractivity contribution is -0.137. The Labute approximate surface area is 112 Å². The highest BCUT2D eigenvalue weighted by Gasteiger charge is 2.30. The van der Waals surface area contributed by atoms with Gasteiger partial charge in [0.25, 0.3) is 0 Å². The molecule has 5 nitrogen and oxygen atoms in total. The van der Waals surface area contributed by atoms with Crippen LogP contribution in [-0.2, 0) is 4.79 Å². The maximum atomic E-state index is 11.9. The normalized spacial score (nSPS) is 18.5. The van der Waals surface area contributed by atoms with Crippen molar-refractivity contribution in [3.05, 3.63) is 29.3 Å². The quantitative estimate of drug-likeness (QED) is 0.872. The summed E-state index contributed by atoms with van der Waals surface area (Å²) in [7, 11) is 0. The van der Waals surface area contributed by atoms with Crippen molar-refractivity contribution >= 4 is 17.7 Å². The average molecular weight is 262 g/mol. The van der Waals surface area contributed by atoms with E-state index in [4.69, 9.17) is 5.11 Å². The molecule has 0 aliphatic carbocycles. The van der Waals surface area contributed by atoms with Gasteiger partial charge in [-0.2, -0.15) is 0 Å². The summed E-state index contributed by atoms with van der Waals surface area (Å²) in [6.45, 7) is 4.51. The molecule has 0 spiro atoms. The summed E-state index contributed by atoms with van der Waals surface area (Å²) in [6, 6.07) is 5.70. The number of urea groups is 1. The molecule has 5 heteroatoms. The largest absolute Gasteiger partial charge is 0.481 e. The highest BCUT2D eigenvalue weighted by molar-refractivity contribution is 5.95. The number of carboxylic acids is 1. The smallest absolute Gasteiger partial charge is 0.322 e. The van der Waals surface area contributed by atoms with Gasteiger partial charge in [0.2, 0.25) is 0 Å². The molecular formula is C14H18N2O3. The van der Waals surface area contributed by atoms with Crippen LogP contribution in [0.4, 0.5) is 10.5 Å². The van der Waals surface area contributed by atoms with Crippen molar-refractivity contribution in [2.75, 3.05) is 11.4 Å². The van der Waals surface area contributed by atoms with Gasteiger partial charge in [-0.05, 0) is 31.9 Å². The first kappa shape index (κ1) is 13.4. The van der Waals surface area contributed by atoms with E-state index in [1.807, 2.05) is 32.0 Å². The van der Waals surface area contributed by atoms with Crippen molar-refractivity contribution in [3.8, 4) is 0 Å². The number of nitrogens with zero attached hydrogens (tertiary/aromatic N) is 1. The molecule has 1 saturated heterocycles. The third-order valence-corrected chi connectivity index (χ3v) is 3.33. The number of rotatable bonds is 4. The number of amides is 2. The molecular weight excluding hydrogens is 244 g/mol. The van der Waals surface area contributed by atoms with E-state index in [0.717, 1.165) is 16.8 Å². The molecule has 0 radical (unpaired) electrons. The Hall–Kier alpha value is -2.04. The van der Waals surface area contributed by atoms with Crippen LogP contribution < -0.4 is 10.2 Å². The maximum Gasteiger partial charge on any atom is 0.322 e. The van der Waals surface area contributed by atoms with Crippen molar-refractivity contribution < 1.29 is 14.7 Å². The average Bonchev–Trinajstić information content (AvgIpc) is 2.68. The Morgan fingerprint density at radius 2 is 2.21 bits per heavy atom. The van der Waals surface area contributed by atoms with Gasteiger partial charge in [0.15, 0.2) is 0 Å². The molecule has 1 fully saturated rings. The molecule has 1 aliphatic heterocycles. The third kappa shape index (κ3) is 3.05. The Bertz CT molecular complexity index is 513. The lowest BCUT2D eigenvalue weighted by Gasteiger charge is -2.17. The zero-order chi connectivity index (χ0) is 14.0. The summed E-state index contributed by atoms with van der Waals surface area (Å²) in [4.78, 5) is 24.2. The molecule has 2 N–H and O–H groups in total. The summed E-state index contributed by atoms with van der Waals surface area (Å²) >= 11 is 0. The van der Waals surface area contributed by atoms with E-state index in [-0.39, 0.29) is 18.5 Å². The fourth-order valence-corrected chi connectivity index (χ4v) is 2.38. The molecule has 0 bridgehead atoms. The number of carboxylic acid groups (broad SMARTS) is 1. The molecule has 19 heavy (non-hydrogen) atoms. The summed E-state index contributed by atoms with van der Waals surface area (Å²) in [6.07, 6.45) is 0.536. The molecule has 1 atom stereocenters. The van der Waals surface area contributed by atoms with Crippen LogP contribution in [0.5, 0.6) is 0 Å². The summed E-state index contributed by atoms with van der Waals surface area (Å²) in [5.74, 6) is -0.834. The van der Waals surface area contributed by atoms with Crippen molar-refractivity contribution in [3.63, 3.8) is 0 Å². The van der Waals surface area contributed by atoms with E-state index < -0.39 is 5.97 Å². The zero-order valence-corrected chi connectivity index (χ0v) is 11.1. The molecule has 1 heterocycles. The van der Waals surface area contributed by atoms with Crippen LogP contribution in [0.1, 0.15) is 24.0 Å². The summed E-state index contributed by atoms with van der Waals surface area (Å²) < 4.78 is 0. The Morgan fingerprint density at radius 1 is 1.47 bits per heavy atom. The van der Waals surface area contributed by atoms with Gasteiger partial charge in [-0.3, -0.25) is 9.69 Å². The maximum absolute atomic E-state index is 11.9. The van der Waals surface area contributed by atoms with Crippen LogP contribution in [0, 0.1) is 13.8 Å². The van der Waals surface area contributed by atoms with Crippen molar-refractivity contribution in [1.82, 2.24) is 5.32 Å². The van der Waals surface area contributed by atoms with Gasteiger partial charge >= 0.3 is 12.0 Å². The first-order valence-electron chi connectivity index (χ1n) is 6.34. The minimum Gasteiger partial charge on any atom is -0.481 e. The molecule has 1 aromatic carbocycles. The lowest BCUT2D eigenvalue weighted by Crippen LogP contribution is -2.29. The Balaban J connectivity index is 2.09. The third-order valence-electron chi connectivity index (χ3n) is 3.33. The van der Waals surface area contributed by atoms with E-state index in [1.54, 1.807) is 4.90 Å². The fourth-order valence-electron chi connectivity index (χ4n) is 2.38. The molecule has 2 amide bonds. The number of anilines is 1. The predicted octanol–water partition coefficient (Wildman–Crippen LogP) is 2.07. The summed E-state index contributed by atoms with van der Waals surface area (Å²) in [5.41, 5.74) is 3.10.